The Morgan fingerprint density at radius 3 is 2.83 bits per heavy atom. The van der Waals surface area contributed by atoms with E-state index in [9.17, 15) is 4.79 Å². The van der Waals surface area contributed by atoms with Gasteiger partial charge < -0.3 is 10.1 Å². The highest BCUT2D eigenvalue weighted by Gasteiger charge is 2.25. The Kier molecular flexibility index (Phi) is 5.79. The second-order valence-electron chi connectivity index (χ2n) is 7.07. The molecule has 4 rings (SSSR count). The highest BCUT2D eigenvalue weighted by atomic mass is 16.5. The Bertz CT molecular complexity index is 951. The third-order valence-corrected chi connectivity index (χ3v) is 5.18. The first-order valence-corrected chi connectivity index (χ1v) is 9.94. The van der Waals surface area contributed by atoms with E-state index in [1.807, 2.05) is 30.1 Å². The molecular formula is C21H24N6O2. The van der Waals surface area contributed by atoms with Crippen LogP contribution in [0.3, 0.4) is 0 Å². The molecule has 0 spiro atoms. The van der Waals surface area contributed by atoms with Gasteiger partial charge in [0.15, 0.2) is 0 Å². The average Bonchev–Trinajstić information content (AvgIpc) is 3.26. The molecule has 0 atom stereocenters. The molecule has 29 heavy (non-hydrogen) atoms. The van der Waals surface area contributed by atoms with Gasteiger partial charge in [-0.2, -0.15) is 5.10 Å². The summed E-state index contributed by atoms with van der Waals surface area (Å²) in [5.41, 5.74) is 2.34. The van der Waals surface area contributed by atoms with Crippen molar-refractivity contribution in [3.8, 4) is 17.1 Å². The Balaban J connectivity index is 1.34. The summed E-state index contributed by atoms with van der Waals surface area (Å²) in [4.78, 5) is 25.0. The van der Waals surface area contributed by atoms with Crippen LogP contribution in [0.15, 0.2) is 49.3 Å². The molecule has 8 nitrogen and oxygen atoms in total. The van der Waals surface area contributed by atoms with Crippen LogP contribution in [0.5, 0.6) is 5.88 Å². The maximum atomic E-state index is 12.7. The molecule has 3 aromatic heterocycles. The van der Waals surface area contributed by atoms with Crippen molar-refractivity contribution in [2.24, 2.45) is 0 Å². The van der Waals surface area contributed by atoms with E-state index in [4.69, 9.17) is 4.74 Å². The predicted molar refractivity (Wildman–Crippen MR) is 107 cm³/mol. The molecule has 150 valence electrons. The highest BCUT2D eigenvalue weighted by molar-refractivity contribution is 5.96. The molecule has 1 fully saturated rings. The fourth-order valence-corrected chi connectivity index (χ4v) is 3.69. The lowest BCUT2D eigenvalue weighted by Crippen LogP contribution is -2.38. The van der Waals surface area contributed by atoms with Gasteiger partial charge in [0, 0.05) is 30.2 Å². The van der Waals surface area contributed by atoms with Crippen LogP contribution in [0.25, 0.3) is 11.3 Å². The van der Waals surface area contributed by atoms with Crippen molar-refractivity contribution < 1.29 is 9.53 Å². The lowest BCUT2D eigenvalue weighted by Gasteiger charge is -2.29. The van der Waals surface area contributed by atoms with E-state index < -0.39 is 0 Å². The summed E-state index contributed by atoms with van der Waals surface area (Å²) in [5, 5.41) is 7.66. The number of ether oxygens (including phenoxy) is 1. The summed E-state index contributed by atoms with van der Waals surface area (Å²) in [7, 11) is 0. The fraction of sp³-hybridized carbons (Fsp3) is 0.381. The molecule has 1 saturated carbocycles. The van der Waals surface area contributed by atoms with Crippen LogP contribution >= 0.6 is 0 Å². The zero-order chi connectivity index (χ0) is 20.1. The highest BCUT2D eigenvalue weighted by Crippen LogP contribution is 2.29. The van der Waals surface area contributed by atoms with Gasteiger partial charge in [0.05, 0.1) is 24.5 Å². The Morgan fingerprint density at radius 2 is 2.07 bits per heavy atom. The van der Waals surface area contributed by atoms with Gasteiger partial charge >= 0.3 is 0 Å². The molecule has 3 aromatic rings. The van der Waals surface area contributed by atoms with E-state index in [2.05, 4.69) is 25.4 Å². The van der Waals surface area contributed by atoms with Crippen molar-refractivity contribution in [3.63, 3.8) is 0 Å². The van der Waals surface area contributed by atoms with E-state index in [1.165, 1.54) is 0 Å². The Hall–Kier alpha value is -3.29. The molecule has 1 amide bonds. The zero-order valence-electron chi connectivity index (χ0n) is 16.4. The van der Waals surface area contributed by atoms with Gasteiger partial charge in [0.25, 0.3) is 5.91 Å². The number of nitrogens with one attached hydrogen (secondary N) is 1. The minimum absolute atomic E-state index is 0.130. The number of rotatable bonds is 6. The van der Waals surface area contributed by atoms with Crippen molar-refractivity contribution in [2.75, 3.05) is 6.61 Å². The first-order valence-electron chi connectivity index (χ1n) is 9.94. The standard InChI is InChI=1S/C21H24N6O2/c1-2-29-21-18(4-3-10-23-21)20(28)26-16-5-7-17(8-6-16)27-13-15(12-25-27)19-9-11-22-14-24-19/h3-4,9-14,16-17H,2,5-8H2,1H3,(H,26,28). The number of hydrogen-bond acceptors (Lipinski definition) is 6. The molecule has 1 N–H and O–H groups in total. The summed E-state index contributed by atoms with van der Waals surface area (Å²) in [6.07, 6.45) is 12.5. The Labute approximate surface area is 169 Å². The van der Waals surface area contributed by atoms with Gasteiger partial charge in [-0.15, -0.1) is 0 Å². The second-order valence-corrected chi connectivity index (χ2v) is 7.07. The summed E-state index contributed by atoms with van der Waals surface area (Å²) in [6.45, 7) is 2.35. The molecule has 3 heterocycles. The third kappa shape index (κ3) is 4.42. The number of hydrogen-bond donors (Lipinski definition) is 1. The van der Waals surface area contributed by atoms with Crippen molar-refractivity contribution in [1.82, 2.24) is 30.0 Å². The largest absolute Gasteiger partial charge is 0.477 e. The summed E-state index contributed by atoms with van der Waals surface area (Å²) < 4.78 is 7.49. The first-order chi connectivity index (χ1) is 14.2. The van der Waals surface area contributed by atoms with Crippen LogP contribution in [0, 0.1) is 0 Å². The maximum absolute atomic E-state index is 12.7. The van der Waals surface area contributed by atoms with E-state index in [0.29, 0.717) is 24.1 Å². The smallest absolute Gasteiger partial charge is 0.256 e. The van der Waals surface area contributed by atoms with E-state index in [1.54, 1.807) is 30.9 Å². The number of nitrogens with zero attached hydrogens (tertiary/aromatic N) is 5. The molecule has 0 radical (unpaired) electrons. The quantitative estimate of drug-likeness (QED) is 0.693. The van der Waals surface area contributed by atoms with Crippen LogP contribution in [-0.4, -0.2) is 43.3 Å². The second kappa shape index (κ2) is 8.81. The molecule has 0 bridgehead atoms. The van der Waals surface area contributed by atoms with E-state index in [-0.39, 0.29) is 11.9 Å². The molecule has 0 aromatic carbocycles. The van der Waals surface area contributed by atoms with Gasteiger partial charge in [-0.1, -0.05) is 0 Å². The first kappa shape index (κ1) is 19.0. The fourth-order valence-electron chi connectivity index (χ4n) is 3.69. The molecule has 8 heteroatoms. The van der Waals surface area contributed by atoms with Gasteiger partial charge in [0.1, 0.15) is 11.9 Å². The van der Waals surface area contributed by atoms with Crippen LogP contribution in [0.1, 0.15) is 49.0 Å². The topological polar surface area (TPSA) is 94.8 Å². The summed E-state index contributed by atoms with van der Waals surface area (Å²) >= 11 is 0. The van der Waals surface area contributed by atoms with E-state index >= 15 is 0 Å². The van der Waals surface area contributed by atoms with Gasteiger partial charge in [-0.3, -0.25) is 9.48 Å². The molecule has 0 unspecified atom stereocenters. The van der Waals surface area contributed by atoms with Crippen LogP contribution < -0.4 is 10.1 Å². The minimum Gasteiger partial charge on any atom is -0.477 e. The van der Waals surface area contributed by atoms with Crippen LogP contribution in [0.2, 0.25) is 0 Å². The minimum atomic E-state index is -0.130. The van der Waals surface area contributed by atoms with E-state index in [0.717, 1.165) is 36.9 Å². The number of pyridine rings is 1. The Morgan fingerprint density at radius 1 is 1.21 bits per heavy atom. The number of carbonyl (C=O) groups excluding carboxylic acids is 1. The van der Waals surface area contributed by atoms with Crippen LogP contribution in [0.4, 0.5) is 0 Å². The monoisotopic (exact) mass is 392 g/mol. The molecule has 0 aliphatic heterocycles. The predicted octanol–water partition coefficient (Wildman–Crippen LogP) is 3.05. The summed E-state index contributed by atoms with van der Waals surface area (Å²) in [5.74, 6) is 0.255. The molecular weight excluding hydrogens is 368 g/mol. The van der Waals surface area contributed by atoms with Crippen molar-refractivity contribution in [3.05, 3.63) is 54.9 Å². The number of carbonyl (C=O) groups is 1. The molecule has 1 aliphatic carbocycles. The van der Waals surface area contributed by atoms with Crippen molar-refractivity contribution in [1.29, 1.82) is 0 Å². The SMILES string of the molecule is CCOc1ncccc1C(=O)NC1CCC(n2cc(-c3ccncn3)cn2)CC1. The third-order valence-electron chi connectivity index (χ3n) is 5.18. The number of amides is 1. The van der Waals surface area contributed by atoms with Gasteiger partial charge in [0.2, 0.25) is 5.88 Å². The normalized spacial score (nSPS) is 18.9. The van der Waals surface area contributed by atoms with Crippen molar-refractivity contribution >= 4 is 5.91 Å². The summed E-state index contributed by atoms with van der Waals surface area (Å²) in [6, 6.07) is 5.85. The van der Waals surface area contributed by atoms with Crippen molar-refractivity contribution in [2.45, 2.75) is 44.7 Å². The lowest BCUT2D eigenvalue weighted by atomic mass is 9.91. The van der Waals surface area contributed by atoms with Gasteiger partial charge in [-0.25, -0.2) is 15.0 Å². The molecule has 1 aliphatic rings. The average molecular weight is 392 g/mol. The maximum Gasteiger partial charge on any atom is 0.256 e. The lowest BCUT2D eigenvalue weighted by molar-refractivity contribution is 0.0917. The van der Waals surface area contributed by atoms with Crippen LogP contribution in [-0.2, 0) is 0 Å². The number of aromatic nitrogens is 5. The van der Waals surface area contributed by atoms with Gasteiger partial charge in [-0.05, 0) is 50.8 Å². The molecule has 0 saturated heterocycles. The zero-order valence-corrected chi connectivity index (χ0v) is 16.4.